The van der Waals surface area contributed by atoms with Crippen molar-refractivity contribution in [1.82, 2.24) is 14.9 Å². The van der Waals surface area contributed by atoms with Crippen LogP contribution in [0.1, 0.15) is 26.0 Å². The highest BCUT2D eigenvalue weighted by molar-refractivity contribution is 4.96. The monoisotopic (exact) mass is 223 g/mol. The Morgan fingerprint density at radius 2 is 2.31 bits per heavy atom. The van der Waals surface area contributed by atoms with Crippen LogP contribution in [0.4, 0.5) is 0 Å². The molecule has 0 saturated carbocycles. The summed E-state index contributed by atoms with van der Waals surface area (Å²) < 4.78 is 1.67. The number of aryl methyl sites for hydroxylation is 1. The quantitative estimate of drug-likeness (QED) is 0.737. The summed E-state index contributed by atoms with van der Waals surface area (Å²) in [7, 11) is 0. The summed E-state index contributed by atoms with van der Waals surface area (Å²) in [6.45, 7) is 8.81. The molecule has 0 amide bonds. The van der Waals surface area contributed by atoms with Gasteiger partial charge in [-0.3, -0.25) is 9.36 Å². The lowest BCUT2D eigenvalue weighted by Gasteiger charge is -2.13. The summed E-state index contributed by atoms with van der Waals surface area (Å²) in [4.78, 5) is 15.7. The Bertz CT molecular complexity index is 373. The molecule has 16 heavy (non-hydrogen) atoms. The molecule has 0 fully saturated rings. The molecule has 0 aliphatic rings. The second-order valence-corrected chi connectivity index (χ2v) is 4.33. The fourth-order valence-electron chi connectivity index (χ4n) is 1.58. The third-order valence-electron chi connectivity index (χ3n) is 2.44. The van der Waals surface area contributed by atoms with Gasteiger partial charge in [-0.15, -0.1) is 0 Å². The molecule has 0 radical (unpaired) electrons. The first-order chi connectivity index (χ1) is 7.63. The van der Waals surface area contributed by atoms with Gasteiger partial charge >= 0.3 is 0 Å². The summed E-state index contributed by atoms with van der Waals surface area (Å²) in [6, 6.07) is 1.58. The highest BCUT2D eigenvalue weighted by Crippen LogP contribution is 1.96. The molecule has 0 bridgehead atoms. The van der Waals surface area contributed by atoms with Crippen molar-refractivity contribution in [3.63, 3.8) is 0 Å². The minimum absolute atomic E-state index is 0.0369. The third-order valence-corrected chi connectivity index (χ3v) is 2.44. The van der Waals surface area contributed by atoms with Gasteiger partial charge in [0.05, 0.1) is 6.33 Å². The Morgan fingerprint density at radius 1 is 1.56 bits per heavy atom. The van der Waals surface area contributed by atoms with E-state index in [4.69, 9.17) is 0 Å². The van der Waals surface area contributed by atoms with Crippen molar-refractivity contribution in [2.75, 3.05) is 13.1 Å². The maximum Gasteiger partial charge on any atom is 0.253 e. The molecular weight excluding hydrogens is 202 g/mol. The average molecular weight is 223 g/mol. The fourth-order valence-corrected chi connectivity index (χ4v) is 1.58. The van der Waals surface area contributed by atoms with Gasteiger partial charge < -0.3 is 5.32 Å². The van der Waals surface area contributed by atoms with Crippen LogP contribution in [0.2, 0.25) is 0 Å². The van der Waals surface area contributed by atoms with E-state index in [0.717, 1.165) is 31.7 Å². The molecule has 1 unspecified atom stereocenters. The second-order valence-electron chi connectivity index (χ2n) is 4.33. The number of rotatable bonds is 6. The van der Waals surface area contributed by atoms with E-state index in [0.29, 0.717) is 5.92 Å². The Kier molecular flexibility index (Phi) is 5.19. The summed E-state index contributed by atoms with van der Waals surface area (Å²) in [5.41, 5.74) is 0.813. The lowest BCUT2D eigenvalue weighted by molar-refractivity contribution is 0.436. The Morgan fingerprint density at radius 3 is 2.94 bits per heavy atom. The largest absolute Gasteiger partial charge is 0.316 e. The van der Waals surface area contributed by atoms with Crippen molar-refractivity contribution in [2.45, 2.75) is 33.7 Å². The van der Waals surface area contributed by atoms with Gasteiger partial charge in [0.1, 0.15) is 0 Å². The molecular formula is C12H21N3O. The Labute approximate surface area is 96.7 Å². The smallest absolute Gasteiger partial charge is 0.253 e. The first kappa shape index (κ1) is 12.9. The summed E-state index contributed by atoms with van der Waals surface area (Å²) >= 11 is 0. The molecule has 1 atom stereocenters. The molecule has 1 aromatic rings. The van der Waals surface area contributed by atoms with Crippen LogP contribution in [0, 0.1) is 12.8 Å². The molecule has 1 N–H and O–H groups in total. The van der Waals surface area contributed by atoms with E-state index >= 15 is 0 Å². The minimum atomic E-state index is 0.0369. The van der Waals surface area contributed by atoms with E-state index in [2.05, 4.69) is 24.1 Å². The van der Waals surface area contributed by atoms with Crippen LogP contribution in [0.15, 0.2) is 17.2 Å². The number of nitrogens with zero attached hydrogens (tertiary/aromatic N) is 2. The van der Waals surface area contributed by atoms with Crippen molar-refractivity contribution >= 4 is 0 Å². The maximum atomic E-state index is 11.6. The maximum absolute atomic E-state index is 11.6. The standard InChI is InChI=1S/C12H21N3O/c1-4-5-13-7-10(2)8-15-9-14-11(3)6-12(15)16/h6,9-10,13H,4-5,7-8H2,1-3H3. The lowest BCUT2D eigenvalue weighted by Crippen LogP contribution is -2.29. The predicted molar refractivity (Wildman–Crippen MR) is 65.6 cm³/mol. The van der Waals surface area contributed by atoms with Crippen molar-refractivity contribution in [3.05, 3.63) is 28.4 Å². The molecule has 0 saturated heterocycles. The van der Waals surface area contributed by atoms with E-state index in [1.807, 2.05) is 6.92 Å². The van der Waals surface area contributed by atoms with Gasteiger partial charge in [0, 0.05) is 18.3 Å². The average Bonchev–Trinajstić information content (AvgIpc) is 2.23. The van der Waals surface area contributed by atoms with E-state index < -0.39 is 0 Å². The normalized spacial score (nSPS) is 12.7. The SMILES string of the molecule is CCCNCC(C)Cn1cnc(C)cc1=O. The van der Waals surface area contributed by atoms with Crippen molar-refractivity contribution in [2.24, 2.45) is 5.92 Å². The van der Waals surface area contributed by atoms with Crippen LogP contribution >= 0.6 is 0 Å². The van der Waals surface area contributed by atoms with Gasteiger partial charge in [0.2, 0.25) is 0 Å². The zero-order valence-corrected chi connectivity index (χ0v) is 10.4. The zero-order valence-electron chi connectivity index (χ0n) is 10.4. The van der Waals surface area contributed by atoms with Crippen LogP contribution in [0.5, 0.6) is 0 Å². The van der Waals surface area contributed by atoms with E-state index in [9.17, 15) is 4.79 Å². The fraction of sp³-hybridized carbons (Fsp3) is 0.667. The molecule has 4 heteroatoms. The van der Waals surface area contributed by atoms with E-state index in [-0.39, 0.29) is 5.56 Å². The van der Waals surface area contributed by atoms with Gasteiger partial charge in [0.15, 0.2) is 0 Å². The van der Waals surface area contributed by atoms with Gasteiger partial charge in [-0.05, 0) is 32.4 Å². The molecule has 0 aliphatic heterocycles. The Balaban J connectivity index is 2.49. The molecule has 1 heterocycles. The van der Waals surface area contributed by atoms with Crippen LogP contribution in [0.25, 0.3) is 0 Å². The minimum Gasteiger partial charge on any atom is -0.316 e. The number of nitrogens with one attached hydrogen (secondary N) is 1. The van der Waals surface area contributed by atoms with Crippen molar-refractivity contribution < 1.29 is 0 Å². The molecule has 1 rings (SSSR count). The first-order valence-electron chi connectivity index (χ1n) is 5.87. The summed E-state index contributed by atoms with van der Waals surface area (Å²) in [5, 5.41) is 3.35. The second kappa shape index (κ2) is 6.43. The van der Waals surface area contributed by atoms with Gasteiger partial charge in [-0.2, -0.15) is 0 Å². The zero-order chi connectivity index (χ0) is 12.0. The predicted octanol–water partition coefficient (Wildman–Crippen LogP) is 1.19. The highest BCUT2D eigenvalue weighted by atomic mass is 16.1. The Hall–Kier alpha value is -1.16. The highest BCUT2D eigenvalue weighted by Gasteiger charge is 2.04. The molecule has 0 aromatic carbocycles. The van der Waals surface area contributed by atoms with Gasteiger partial charge in [-0.25, -0.2) is 4.98 Å². The molecule has 0 spiro atoms. The van der Waals surface area contributed by atoms with E-state index in [1.165, 1.54) is 0 Å². The summed E-state index contributed by atoms with van der Waals surface area (Å²) in [6.07, 6.45) is 2.77. The molecule has 90 valence electrons. The van der Waals surface area contributed by atoms with Crippen LogP contribution in [-0.4, -0.2) is 22.6 Å². The number of hydrogen-bond donors (Lipinski definition) is 1. The van der Waals surface area contributed by atoms with Crippen molar-refractivity contribution in [1.29, 1.82) is 0 Å². The molecule has 1 aromatic heterocycles. The molecule has 0 aliphatic carbocycles. The summed E-state index contributed by atoms with van der Waals surface area (Å²) in [5.74, 6) is 0.439. The van der Waals surface area contributed by atoms with Gasteiger partial charge in [0.25, 0.3) is 5.56 Å². The number of aromatic nitrogens is 2. The lowest BCUT2D eigenvalue weighted by atomic mass is 10.2. The van der Waals surface area contributed by atoms with Gasteiger partial charge in [-0.1, -0.05) is 13.8 Å². The van der Waals surface area contributed by atoms with E-state index in [1.54, 1.807) is 17.0 Å². The van der Waals surface area contributed by atoms with Crippen LogP contribution in [-0.2, 0) is 6.54 Å². The first-order valence-corrected chi connectivity index (χ1v) is 5.87. The van der Waals surface area contributed by atoms with Crippen LogP contribution < -0.4 is 10.9 Å². The van der Waals surface area contributed by atoms with Crippen molar-refractivity contribution in [3.8, 4) is 0 Å². The van der Waals surface area contributed by atoms with Crippen LogP contribution in [0.3, 0.4) is 0 Å². The molecule has 4 nitrogen and oxygen atoms in total. The number of hydrogen-bond acceptors (Lipinski definition) is 3. The topological polar surface area (TPSA) is 46.9 Å². The third kappa shape index (κ3) is 4.14.